The van der Waals surface area contributed by atoms with Gasteiger partial charge in [0.2, 0.25) is 5.91 Å². The first-order valence-electron chi connectivity index (χ1n) is 9.27. The molecule has 10 heteroatoms. The minimum atomic E-state index is -0.356. The van der Waals surface area contributed by atoms with E-state index < -0.39 is 0 Å². The molecule has 148 valence electrons. The van der Waals surface area contributed by atoms with Gasteiger partial charge < -0.3 is 23.5 Å². The molecule has 0 radical (unpaired) electrons. The van der Waals surface area contributed by atoms with E-state index in [-0.39, 0.29) is 29.0 Å². The highest BCUT2D eigenvalue weighted by Crippen LogP contribution is 2.69. The van der Waals surface area contributed by atoms with Gasteiger partial charge in [0.15, 0.2) is 5.75 Å². The number of nitrogens with one attached hydrogen (secondary N) is 1. The summed E-state index contributed by atoms with van der Waals surface area (Å²) in [6, 6.07) is 3.68. The predicted molar refractivity (Wildman–Crippen MR) is 96.3 cm³/mol. The highest BCUT2D eigenvalue weighted by molar-refractivity contribution is 5.96. The van der Waals surface area contributed by atoms with Crippen molar-refractivity contribution in [3.8, 4) is 11.8 Å². The van der Waals surface area contributed by atoms with Crippen molar-refractivity contribution in [2.75, 3.05) is 43.6 Å². The van der Waals surface area contributed by atoms with Crippen LogP contribution in [0.5, 0.6) is 11.8 Å². The van der Waals surface area contributed by atoms with Crippen molar-refractivity contribution in [3.63, 3.8) is 0 Å². The average Bonchev–Trinajstić information content (AvgIpc) is 3.08. The van der Waals surface area contributed by atoms with Crippen LogP contribution in [-0.4, -0.2) is 60.1 Å². The summed E-state index contributed by atoms with van der Waals surface area (Å²) in [5.74, 6) is 1.22. The number of rotatable bonds is 6. The number of aromatic nitrogens is 3. The zero-order valence-electron chi connectivity index (χ0n) is 15.5. The molecule has 3 aliphatic carbocycles. The summed E-state index contributed by atoms with van der Waals surface area (Å²) in [6.07, 6.45) is 3.75. The van der Waals surface area contributed by atoms with Crippen LogP contribution in [0.1, 0.15) is 19.3 Å². The fourth-order valence-corrected chi connectivity index (χ4v) is 4.20. The summed E-state index contributed by atoms with van der Waals surface area (Å²) in [7, 11) is 1.69. The van der Waals surface area contributed by atoms with Crippen molar-refractivity contribution >= 4 is 17.7 Å². The topological polar surface area (TPSA) is 112 Å². The molecule has 2 bridgehead atoms. The Labute approximate surface area is 161 Å². The van der Waals surface area contributed by atoms with Gasteiger partial charge in [0, 0.05) is 20.2 Å². The van der Waals surface area contributed by atoms with Crippen LogP contribution < -0.4 is 15.0 Å². The third-order valence-corrected chi connectivity index (χ3v) is 5.78. The van der Waals surface area contributed by atoms with E-state index in [2.05, 4.69) is 25.4 Å². The van der Waals surface area contributed by atoms with Gasteiger partial charge >= 0.3 is 12.1 Å². The van der Waals surface area contributed by atoms with E-state index in [9.17, 15) is 4.79 Å². The Morgan fingerprint density at radius 1 is 1.21 bits per heavy atom. The number of carbonyl (C=O) groups excluding carboxylic acids is 1. The summed E-state index contributed by atoms with van der Waals surface area (Å²) in [5.41, 5.74) is -0.453. The van der Waals surface area contributed by atoms with Crippen LogP contribution in [-0.2, 0) is 14.3 Å². The molecule has 1 amide bonds. The van der Waals surface area contributed by atoms with Crippen LogP contribution in [0.2, 0.25) is 0 Å². The molecule has 0 unspecified atom stereocenters. The maximum absolute atomic E-state index is 12.4. The molecule has 28 heavy (non-hydrogen) atoms. The van der Waals surface area contributed by atoms with E-state index in [0.717, 1.165) is 38.2 Å². The lowest BCUT2D eigenvalue weighted by Crippen LogP contribution is -2.72. The van der Waals surface area contributed by atoms with E-state index in [0.29, 0.717) is 19.0 Å². The number of morpholine rings is 1. The molecule has 10 nitrogen and oxygen atoms in total. The Hall–Kier alpha value is -2.72. The number of anilines is 2. The quantitative estimate of drug-likeness (QED) is 0.790. The molecule has 4 fully saturated rings. The normalized spacial score (nSPS) is 28.2. The van der Waals surface area contributed by atoms with Gasteiger partial charge in [-0.05, 0) is 31.4 Å². The molecule has 3 heterocycles. The lowest BCUT2D eigenvalue weighted by Gasteiger charge is -2.67. The van der Waals surface area contributed by atoms with E-state index in [4.69, 9.17) is 18.6 Å². The van der Waals surface area contributed by atoms with Crippen LogP contribution in [0.25, 0.3) is 0 Å². The first-order valence-corrected chi connectivity index (χ1v) is 9.27. The second kappa shape index (κ2) is 6.42. The molecule has 2 aromatic rings. The molecular formula is C18H21N5O5. The Kier molecular flexibility index (Phi) is 3.98. The number of methoxy groups -OCH3 is 1. The van der Waals surface area contributed by atoms with Gasteiger partial charge in [-0.25, -0.2) is 4.98 Å². The summed E-state index contributed by atoms with van der Waals surface area (Å²) < 4.78 is 21.7. The Morgan fingerprint density at radius 2 is 2.00 bits per heavy atom. The van der Waals surface area contributed by atoms with Gasteiger partial charge in [-0.2, -0.15) is 0 Å². The van der Waals surface area contributed by atoms with Gasteiger partial charge in [0.25, 0.3) is 0 Å². The minimum absolute atomic E-state index is 0.0223. The molecule has 0 aromatic carbocycles. The minimum Gasteiger partial charge on any atom is -0.408 e. The first kappa shape index (κ1) is 17.4. The zero-order chi connectivity index (χ0) is 19.2. The Bertz CT molecular complexity index is 857. The lowest BCUT2D eigenvalue weighted by atomic mass is 9.41. The molecule has 4 aliphatic rings. The van der Waals surface area contributed by atoms with Crippen LogP contribution in [0.4, 0.5) is 11.8 Å². The molecule has 1 N–H and O–H groups in total. The molecule has 0 atom stereocenters. The number of amides is 1. The predicted octanol–water partition coefficient (Wildman–Crippen LogP) is 1.60. The van der Waals surface area contributed by atoms with Crippen molar-refractivity contribution in [2.45, 2.75) is 24.9 Å². The maximum atomic E-state index is 12.4. The van der Waals surface area contributed by atoms with Crippen LogP contribution in [0, 0.1) is 5.41 Å². The summed E-state index contributed by atoms with van der Waals surface area (Å²) >= 11 is 0. The van der Waals surface area contributed by atoms with Crippen molar-refractivity contribution in [3.05, 3.63) is 18.3 Å². The van der Waals surface area contributed by atoms with Crippen LogP contribution >= 0.6 is 0 Å². The molecule has 3 saturated carbocycles. The number of pyridine rings is 1. The van der Waals surface area contributed by atoms with Gasteiger partial charge in [0.1, 0.15) is 5.82 Å². The molecular weight excluding hydrogens is 366 g/mol. The Morgan fingerprint density at radius 3 is 2.68 bits per heavy atom. The molecule has 1 saturated heterocycles. The van der Waals surface area contributed by atoms with Crippen molar-refractivity contribution in [1.82, 2.24) is 15.2 Å². The van der Waals surface area contributed by atoms with E-state index in [1.54, 1.807) is 19.4 Å². The second-order valence-electron chi connectivity index (χ2n) is 7.58. The molecule has 1 aliphatic heterocycles. The lowest BCUT2D eigenvalue weighted by molar-refractivity contribution is -0.260. The van der Waals surface area contributed by atoms with Crippen molar-refractivity contribution in [1.29, 1.82) is 0 Å². The second-order valence-corrected chi connectivity index (χ2v) is 7.58. The molecule has 6 rings (SSSR count). The third kappa shape index (κ3) is 2.89. The van der Waals surface area contributed by atoms with E-state index >= 15 is 0 Å². The smallest absolute Gasteiger partial charge is 0.408 e. The molecule has 0 spiro atoms. The maximum Gasteiger partial charge on any atom is 0.421 e. The Balaban J connectivity index is 1.17. The fourth-order valence-electron chi connectivity index (χ4n) is 4.20. The number of hydrogen-bond donors (Lipinski definition) is 1. The highest BCUT2D eigenvalue weighted by atomic mass is 16.6. The monoisotopic (exact) mass is 387 g/mol. The number of hydrogen-bond acceptors (Lipinski definition) is 9. The van der Waals surface area contributed by atoms with Gasteiger partial charge in [0.05, 0.1) is 30.4 Å². The molecule has 2 aromatic heterocycles. The first-order chi connectivity index (χ1) is 13.6. The van der Waals surface area contributed by atoms with Gasteiger partial charge in [-0.3, -0.25) is 10.1 Å². The van der Waals surface area contributed by atoms with Crippen molar-refractivity contribution < 1.29 is 23.4 Å². The largest absolute Gasteiger partial charge is 0.421 e. The summed E-state index contributed by atoms with van der Waals surface area (Å²) in [6.45, 7) is 3.02. The zero-order valence-corrected chi connectivity index (χ0v) is 15.5. The SMILES string of the molecule is COC12CC(C(=O)Nc3nnc(Oc4ccc(N5CCOCC5)nc4)o3)(C1)C2. The standard InChI is InChI=1S/C18H21N5O5/c1-25-18-9-17(10-18,11-18)14(24)20-15-21-22-16(28-15)27-12-2-3-13(19-8-12)23-4-6-26-7-5-23/h2-3,8H,4-7,9-11H2,1H3,(H,20,21,24). The fraction of sp³-hybridized carbons (Fsp3) is 0.556. The van der Waals surface area contributed by atoms with Gasteiger partial charge in [-0.15, -0.1) is 0 Å². The highest BCUT2D eigenvalue weighted by Gasteiger charge is 2.72. The number of nitrogens with zero attached hydrogens (tertiary/aromatic N) is 4. The van der Waals surface area contributed by atoms with Gasteiger partial charge in [-0.1, -0.05) is 10.2 Å². The van der Waals surface area contributed by atoms with E-state index in [1.165, 1.54) is 0 Å². The third-order valence-electron chi connectivity index (χ3n) is 5.78. The van der Waals surface area contributed by atoms with Crippen molar-refractivity contribution in [2.24, 2.45) is 5.41 Å². The summed E-state index contributed by atoms with van der Waals surface area (Å²) in [5, 5.41) is 10.3. The van der Waals surface area contributed by atoms with Crippen LogP contribution in [0.15, 0.2) is 22.7 Å². The number of carbonyl (C=O) groups is 1. The average molecular weight is 387 g/mol. The summed E-state index contributed by atoms with van der Waals surface area (Å²) in [4.78, 5) is 19.0. The number of ether oxygens (including phenoxy) is 3. The van der Waals surface area contributed by atoms with Crippen LogP contribution in [0.3, 0.4) is 0 Å². The van der Waals surface area contributed by atoms with E-state index in [1.807, 2.05) is 6.07 Å².